The van der Waals surface area contributed by atoms with Crippen LogP contribution in [0.15, 0.2) is 64.4 Å². The van der Waals surface area contributed by atoms with Crippen molar-refractivity contribution in [2.75, 3.05) is 39.4 Å². The molecule has 0 amide bonds. The van der Waals surface area contributed by atoms with Crippen LogP contribution in [0.3, 0.4) is 0 Å². The Hall–Kier alpha value is -3.87. The lowest BCUT2D eigenvalue weighted by atomic mass is 9.91. The minimum absolute atomic E-state index is 0.0135. The van der Waals surface area contributed by atoms with E-state index in [1.165, 1.54) is 22.6 Å². The molecule has 1 unspecified atom stereocenters. The molecule has 0 spiro atoms. The normalized spacial score (nSPS) is 17.5. The smallest absolute Gasteiger partial charge is 0.269 e. The number of nitrogens with zero attached hydrogens (tertiary/aromatic N) is 1. The van der Waals surface area contributed by atoms with E-state index < -0.39 is 4.92 Å². The maximum Gasteiger partial charge on any atom is 0.269 e. The van der Waals surface area contributed by atoms with Crippen LogP contribution in [0.4, 0.5) is 11.4 Å². The molecule has 0 bridgehead atoms. The molecule has 2 atom stereocenters. The molecule has 0 saturated carbocycles. The number of nitro benzene ring substituents is 1. The number of hydrogen-bond acceptors (Lipinski definition) is 7. The van der Waals surface area contributed by atoms with Crippen molar-refractivity contribution in [2.45, 2.75) is 22.3 Å². The Labute approximate surface area is 213 Å². The van der Waals surface area contributed by atoms with Gasteiger partial charge in [-0.15, -0.1) is 0 Å². The van der Waals surface area contributed by atoms with Gasteiger partial charge < -0.3 is 24.4 Å². The fourth-order valence-electron chi connectivity index (χ4n) is 4.43. The van der Waals surface area contributed by atoms with Gasteiger partial charge in [0.25, 0.3) is 5.69 Å². The van der Waals surface area contributed by atoms with E-state index in [9.17, 15) is 10.1 Å². The zero-order valence-electron chi connectivity index (χ0n) is 20.0. The third kappa shape index (κ3) is 4.91. The lowest BCUT2D eigenvalue weighted by molar-refractivity contribution is -0.905. The van der Waals surface area contributed by atoms with Gasteiger partial charge in [0.05, 0.1) is 37.7 Å². The zero-order chi connectivity index (χ0) is 25.1. The highest BCUT2D eigenvalue weighted by Crippen LogP contribution is 2.47. The van der Waals surface area contributed by atoms with Gasteiger partial charge in [-0.05, 0) is 53.9 Å². The van der Waals surface area contributed by atoms with Crippen molar-refractivity contribution >= 4 is 23.1 Å². The first-order chi connectivity index (χ1) is 17.5. The largest absolute Gasteiger partial charge is 0.492 e. The fraction of sp³-hybridized carbons (Fsp3) is 0.259. The third-order valence-electron chi connectivity index (χ3n) is 6.28. The maximum atomic E-state index is 10.8. The van der Waals surface area contributed by atoms with E-state index in [2.05, 4.69) is 30.3 Å². The summed E-state index contributed by atoms with van der Waals surface area (Å²) < 4.78 is 17.0. The van der Waals surface area contributed by atoms with Crippen molar-refractivity contribution in [3.05, 3.63) is 75.8 Å². The predicted octanol–water partition coefficient (Wildman–Crippen LogP) is 3.71. The maximum absolute atomic E-state index is 10.8. The van der Waals surface area contributed by atoms with Gasteiger partial charge in [-0.2, -0.15) is 0 Å². The van der Waals surface area contributed by atoms with Crippen LogP contribution in [-0.4, -0.2) is 39.0 Å². The number of benzene rings is 3. The lowest BCUT2D eigenvalue weighted by Gasteiger charge is -2.30. The Bertz CT molecular complexity index is 1330. The first kappa shape index (κ1) is 23.9. The van der Waals surface area contributed by atoms with Gasteiger partial charge >= 0.3 is 0 Å². The van der Waals surface area contributed by atoms with Crippen LogP contribution in [0.25, 0.3) is 0 Å². The van der Waals surface area contributed by atoms with Crippen LogP contribution in [0.1, 0.15) is 17.2 Å². The SMILES string of the molecule is COc1c2c(cc3c1[C@H](C#CCNc1ccc(Sc4ccc([N+](=O)[O-])cc4)cc1)[NH+](C)CC3)OCO2. The molecule has 2 aliphatic rings. The van der Waals surface area contributed by atoms with Gasteiger partial charge in [0.2, 0.25) is 12.5 Å². The number of nitrogens with one attached hydrogen (secondary N) is 2. The second-order valence-corrected chi connectivity index (χ2v) is 9.69. The van der Waals surface area contributed by atoms with Gasteiger partial charge in [-0.1, -0.05) is 17.7 Å². The third-order valence-corrected chi connectivity index (χ3v) is 7.30. The van der Waals surface area contributed by atoms with E-state index in [-0.39, 0.29) is 18.5 Å². The molecule has 2 N–H and O–H groups in total. The summed E-state index contributed by atoms with van der Waals surface area (Å²) in [7, 11) is 3.82. The van der Waals surface area contributed by atoms with E-state index in [1.807, 2.05) is 24.3 Å². The average molecular weight is 505 g/mol. The van der Waals surface area contributed by atoms with Gasteiger partial charge in [0.15, 0.2) is 17.5 Å². The number of methoxy groups -OCH3 is 1. The van der Waals surface area contributed by atoms with Crippen molar-refractivity contribution in [3.8, 4) is 29.1 Å². The van der Waals surface area contributed by atoms with Crippen LogP contribution >= 0.6 is 11.8 Å². The number of fused-ring (bicyclic) bond motifs is 2. The summed E-state index contributed by atoms with van der Waals surface area (Å²) in [6.45, 7) is 1.71. The number of non-ortho nitro benzene ring substituents is 1. The number of hydrogen-bond donors (Lipinski definition) is 2. The molecule has 3 aromatic carbocycles. The molecule has 184 valence electrons. The second-order valence-electron chi connectivity index (χ2n) is 8.55. The van der Waals surface area contributed by atoms with E-state index in [0.717, 1.165) is 45.5 Å². The highest BCUT2D eigenvalue weighted by Gasteiger charge is 2.35. The summed E-state index contributed by atoms with van der Waals surface area (Å²) in [4.78, 5) is 13.7. The molecule has 0 aliphatic carbocycles. The average Bonchev–Trinajstić information content (AvgIpc) is 3.36. The topological polar surface area (TPSA) is 87.3 Å². The van der Waals surface area contributed by atoms with E-state index in [0.29, 0.717) is 12.3 Å². The standard InChI is InChI=1S/C27H25N3O5S/c1-29-15-13-18-16-24-26(35-17-34-24)27(33-2)25(18)23(29)4-3-14-28-19-5-9-21(10-6-19)36-22-11-7-20(8-12-22)30(31)32/h5-12,16,23,28H,13-15,17H2,1-2H3/p+1/t23-/m0/s1. The molecule has 2 heterocycles. The Morgan fingerprint density at radius 3 is 2.58 bits per heavy atom. The van der Waals surface area contributed by atoms with E-state index in [1.54, 1.807) is 31.0 Å². The quantitative estimate of drug-likeness (QED) is 0.301. The summed E-state index contributed by atoms with van der Waals surface area (Å²) in [6, 6.07) is 16.7. The van der Waals surface area contributed by atoms with E-state index >= 15 is 0 Å². The van der Waals surface area contributed by atoms with Crippen LogP contribution in [-0.2, 0) is 6.42 Å². The fourth-order valence-corrected chi connectivity index (χ4v) is 5.25. The minimum Gasteiger partial charge on any atom is -0.492 e. The van der Waals surface area contributed by atoms with E-state index in [4.69, 9.17) is 14.2 Å². The summed E-state index contributed by atoms with van der Waals surface area (Å²) in [5.74, 6) is 8.88. The number of nitro groups is 1. The first-order valence-electron chi connectivity index (χ1n) is 11.6. The lowest BCUT2D eigenvalue weighted by Crippen LogP contribution is -3.10. The zero-order valence-corrected chi connectivity index (χ0v) is 20.8. The monoisotopic (exact) mass is 504 g/mol. The van der Waals surface area contributed by atoms with Crippen molar-refractivity contribution in [1.82, 2.24) is 0 Å². The summed E-state index contributed by atoms with van der Waals surface area (Å²) in [5, 5.41) is 14.2. The molecule has 8 nitrogen and oxygen atoms in total. The Kier molecular flexibility index (Phi) is 6.89. The minimum atomic E-state index is -0.393. The van der Waals surface area contributed by atoms with Gasteiger partial charge in [0, 0.05) is 34.0 Å². The molecule has 2 aliphatic heterocycles. The molecular weight excluding hydrogens is 478 g/mol. The van der Waals surface area contributed by atoms with Crippen LogP contribution in [0, 0.1) is 22.0 Å². The van der Waals surface area contributed by atoms with Gasteiger partial charge in [-0.25, -0.2) is 0 Å². The van der Waals surface area contributed by atoms with Gasteiger partial charge in [-0.3, -0.25) is 10.1 Å². The molecule has 0 aromatic heterocycles. The van der Waals surface area contributed by atoms with Crippen molar-refractivity contribution < 1.29 is 24.0 Å². The number of quaternary nitrogens is 1. The Morgan fingerprint density at radius 1 is 1.17 bits per heavy atom. The molecule has 0 radical (unpaired) electrons. The Balaban J connectivity index is 1.23. The van der Waals surface area contributed by atoms with Crippen LogP contribution in [0.2, 0.25) is 0 Å². The molecule has 36 heavy (non-hydrogen) atoms. The van der Waals surface area contributed by atoms with Crippen molar-refractivity contribution in [2.24, 2.45) is 0 Å². The van der Waals surface area contributed by atoms with Crippen molar-refractivity contribution in [1.29, 1.82) is 0 Å². The van der Waals surface area contributed by atoms with Gasteiger partial charge in [0.1, 0.15) is 0 Å². The second kappa shape index (κ2) is 10.4. The number of rotatable bonds is 6. The highest BCUT2D eigenvalue weighted by molar-refractivity contribution is 7.99. The number of likely N-dealkylation sites (N-methyl/N-ethyl adjacent to an activating group) is 1. The van der Waals surface area contributed by atoms with Crippen molar-refractivity contribution in [3.63, 3.8) is 0 Å². The summed E-state index contributed by atoms with van der Waals surface area (Å²) in [6.07, 6.45) is 0.939. The van der Waals surface area contributed by atoms with Crippen LogP contribution in [0.5, 0.6) is 17.2 Å². The molecule has 9 heteroatoms. The molecular formula is C27H26N3O5S+. The Morgan fingerprint density at radius 2 is 1.89 bits per heavy atom. The summed E-state index contributed by atoms with van der Waals surface area (Å²) in [5.41, 5.74) is 3.36. The first-order valence-corrected chi connectivity index (χ1v) is 12.4. The molecule has 3 aromatic rings. The number of ether oxygens (including phenoxy) is 3. The molecule has 5 rings (SSSR count). The predicted molar refractivity (Wildman–Crippen MR) is 137 cm³/mol. The summed E-state index contributed by atoms with van der Waals surface area (Å²) >= 11 is 1.56. The molecule has 0 saturated heterocycles. The highest BCUT2D eigenvalue weighted by atomic mass is 32.2. The number of anilines is 1. The van der Waals surface area contributed by atoms with Crippen LogP contribution < -0.4 is 24.4 Å². The molecule has 0 fully saturated rings.